The first-order valence-electron chi connectivity index (χ1n) is 5.93. The summed E-state index contributed by atoms with van der Waals surface area (Å²) >= 11 is 5.97. The van der Waals surface area contributed by atoms with Gasteiger partial charge < -0.3 is 10.7 Å². The van der Waals surface area contributed by atoms with Crippen LogP contribution in [0, 0.1) is 6.92 Å². The molecule has 0 saturated heterocycles. The molecule has 0 fully saturated rings. The predicted octanol–water partition coefficient (Wildman–Crippen LogP) is 1.47. The van der Waals surface area contributed by atoms with E-state index in [4.69, 9.17) is 17.3 Å². The minimum absolute atomic E-state index is 0.0123. The van der Waals surface area contributed by atoms with E-state index in [-0.39, 0.29) is 16.5 Å². The monoisotopic (exact) mass is 314 g/mol. The molecule has 1 heterocycles. The smallest absolute Gasteiger partial charge is 0.242 e. The zero-order chi connectivity index (χ0) is 14.8. The van der Waals surface area contributed by atoms with Gasteiger partial charge in [-0.2, -0.15) is 0 Å². The van der Waals surface area contributed by atoms with Crippen molar-refractivity contribution in [1.82, 2.24) is 14.7 Å². The topological polar surface area (TPSA) is 101 Å². The number of halogens is 1. The fourth-order valence-electron chi connectivity index (χ4n) is 1.69. The largest absolute Gasteiger partial charge is 0.398 e. The molecule has 4 N–H and O–H groups in total. The number of nitrogens with one attached hydrogen (secondary N) is 2. The normalized spacial score (nSPS) is 11.7. The second-order valence-electron chi connectivity index (χ2n) is 4.32. The van der Waals surface area contributed by atoms with Gasteiger partial charge in [0.2, 0.25) is 10.0 Å². The van der Waals surface area contributed by atoms with Gasteiger partial charge in [0.05, 0.1) is 5.02 Å². The van der Waals surface area contributed by atoms with E-state index in [0.717, 1.165) is 5.56 Å². The third-order valence-electron chi connectivity index (χ3n) is 2.82. The second-order valence-corrected chi connectivity index (χ2v) is 6.47. The molecule has 0 aliphatic rings. The molecule has 0 atom stereocenters. The van der Waals surface area contributed by atoms with E-state index in [1.807, 2.05) is 0 Å². The van der Waals surface area contributed by atoms with E-state index in [0.29, 0.717) is 17.9 Å². The summed E-state index contributed by atoms with van der Waals surface area (Å²) in [6.45, 7) is 1.99. The van der Waals surface area contributed by atoms with Crippen molar-refractivity contribution < 1.29 is 8.42 Å². The molecule has 0 saturated carbocycles. The van der Waals surface area contributed by atoms with Crippen LogP contribution in [0.2, 0.25) is 5.02 Å². The van der Waals surface area contributed by atoms with Crippen LogP contribution in [0.1, 0.15) is 11.4 Å². The van der Waals surface area contributed by atoms with Gasteiger partial charge in [0.25, 0.3) is 0 Å². The number of rotatable bonds is 5. The van der Waals surface area contributed by atoms with Crippen molar-refractivity contribution in [3.8, 4) is 0 Å². The molecule has 0 amide bonds. The Morgan fingerprint density at radius 3 is 2.85 bits per heavy atom. The van der Waals surface area contributed by atoms with Crippen LogP contribution in [0.25, 0.3) is 0 Å². The lowest BCUT2D eigenvalue weighted by molar-refractivity contribution is 0.581. The van der Waals surface area contributed by atoms with Crippen LogP contribution in [0.3, 0.4) is 0 Å². The number of sulfonamides is 1. The number of aromatic nitrogens is 2. The highest BCUT2D eigenvalue weighted by atomic mass is 35.5. The van der Waals surface area contributed by atoms with Gasteiger partial charge in [-0.25, -0.2) is 18.1 Å². The fourth-order valence-corrected chi connectivity index (χ4v) is 3.34. The van der Waals surface area contributed by atoms with E-state index >= 15 is 0 Å². The Morgan fingerprint density at radius 1 is 1.45 bits per heavy atom. The Bertz CT molecular complexity index is 698. The van der Waals surface area contributed by atoms with Gasteiger partial charge in [0, 0.05) is 31.0 Å². The Labute approximate surface area is 122 Å². The molecule has 108 valence electrons. The van der Waals surface area contributed by atoms with Crippen molar-refractivity contribution in [1.29, 1.82) is 0 Å². The molecule has 1 aromatic heterocycles. The number of nitrogens with two attached hydrogens (primary N) is 1. The van der Waals surface area contributed by atoms with E-state index in [9.17, 15) is 8.42 Å². The summed E-state index contributed by atoms with van der Waals surface area (Å²) in [5.41, 5.74) is 6.86. The predicted molar refractivity (Wildman–Crippen MR) is 78.1 cm³/mol. The molecule has 0 aliphatic carbocycles. The average Bonchev–Trinajstić information content (AvgIpc) is 2.86. The number of imidazole rings is 1. The molecular weight excluding hydrogens is 300 g/mol. The Kier molecular flexibility index (Phi) is 4.32. The molecule has 0 unspecified atom stereocenters. The van der Waals surface area contributed by atoms with Gasteiger partial charge in [-0.1, -0.05) is 11.6 Å². The van der Waals surface area contributed by atoms with Crippen molar-refractivity contribution in [3.05, 3.63) is 40.9 Å². The molecule has 20 heavy (non-hydrogen) atoms. The van der Waals surface area contributed by atoms with E-state index in [1.165, 1.54) is 12.1 Å². The number of nitrogen functional groups attached to an aromatic ring is 1. The van der Waals surface area contributed by atoms with Crippen LogP contribution in [0.4, 0.5) is 5.69 Å². The summed E-state index contributed by atoms with van der Waals surface area (Å²) in [4.78, 5) is 6.90. The van der Waals surface area contributed by atoms with Crippen LogP contribution in [0.5, 0.6) is 0 Å². The highest BCUT2D eigenvalue weighted by Gasteiger charge is 2.18. The lowest BCUT2D eigenvalue weighted by Crippen LogP contribution is -2.26. The number of aromatic amines is 1. The van der Waals surface area contributed by atoms with Crippen LogP contribution >= 0.6 is 11.6 Å². The van der Waals surface area contributed by atoms with Gasteiger partial charge in [-0.3, -0.25) is 0 Å². The Balaban J connectivity index is 2.12. The zero-order valence-electron chi connectivity index (χ0n) is 10.9. The Morgan fingerprint density at radius 2 is 2.20 bits per heavy atom. The number of aryl methyl sites for hydroxylation is 1. The molecule has 0 bridgehead atoms. The van der Waals surface area contributed by atoms with Crippen LogP contribution < -0.4 is 10.5 Å². The lowest BCUT2D eigenvalue weighted by Gasteiger charge is -2.10. The number of hydrogen-bond donors (Lipinski definition) is 3. The quantitative estimate of drug-likeness (QED) is 0.727. The maximum absolute atomic E-state index is 12.2. The highest BCUT2D eigenvalue weighted by Crippen LogP contribution is 2.26. The van der Waals surface area contributed by atoms with Gasteiger partial charge >= 0.3 is 0 Å². The van der Waals surface area contributed by atoms with E-state index in [2.05, 4.69) is 14.7 Å². The highest BCUT2D eigenvalue weighted by molar-refractivity contribution is 7.89. The summed E-state index contributed by atoms with van der Waals surface area (Å²) in [6.07, 6.45) is 3.76. The summed E-state index contributed by atoms with van der Waals surface area (Å²) in [6, 6.07) is 2.91. The summed E-state index contributed by atoms with van der Waals surface area (Å²) in [7, 11) is -3.69. The number of H-pyrrole nitrogens is 1. The standard InChI is InChI=1S/C12H15ClN4O2S/c1-8-6-9(13)11(7-10(8)14)20(18,19)17-3-2-12-15-4-5-16-12/h4-7,17H,2-3,14H2,1H3,(H,15,16). The van der Waals surface area contributed by atoms with Crippen LogP contribution in [0.15, 0.2) is 29.4 Å². The van der Waals surface area contributed by atoms with Crippen molar-refractivity contribution in [2.24, 2.45) is 0 Å². The van der Waals surface area contributed by atoms with Gasteiger partial charge in [0.1, 0.15) is 10.7 Å². The van der Waals surface area contributed by atoms with Crippen LogP contribution in [-0.2, 0) is 16.4 Å². The third kappa shape index (κ3) is 3.30. The lowest BCUT2D eigenvalue weighted by atomic mass is 10.2. The number of benzene rings is 1. The average molecular weight is 315 g/mol. The first-order chi connectivity index (χ1) is 9.40. The molecular formula is C12H15ClN4O2S. The Hall–Kier alpha value is -1.57. The molecule has 2 aromatic rings. The fraction of sp³-hybridized carbons (Fsp3) is 0.250. The number of nitrogens with zero attached hydrogens (tertiary/aromatic N) is 1. The first kappa shape index (κ1) is 14.8. The summed E-state index contributed by atoms with van der Waals surface area (Å²) in [5.74, 6) is 0.710. The van der Waals surface area contributed by atoms with Crippen molar-refractivity contribution in [3.63, 3.8) is 0 Å². The first-order valence-corrected chi connectivity index (χ1v) is 7.80. The maximum Gasteiger partial charge on any atom is 0.242 e. The van der Waals surface area contributed by atoms with E-state index < -0.39 is 10.0 Å². The number of hydrogen-bond acceptors (Lipinski definition) is 4. The van der Waals surface area contributed by atoms with Crippen molar-refractivity contribution in [2.45, 2.75) is 18.2 Å². The van der Waals surface area contributed by atoms with Crippen molar-refractivity contribution >= 4 is 27.3 Å². The number of anilines is 1. The molecule has 1 aromatic carbocycles. The molecule has 0 radical (unpaired) electrons. The second kappa shape index (κ2) is 5.82. The van der Waals surface area contributed by atoms with Gasteiger partial charge in [-0.05, 0) is 24.6 Å². The van der Waals surface area contributed by atoms with Gasteiger partial charge in [0.15, 0.2) is 0 Å². The van der Waals surface area contributed by atoms with Crippen LogP contribution in [-0.4, -0.2) is 24.9 Å². The SMILES string of the molecule is Cc1cc(Cl)c(S(=O)(=O)NCCc2ncc[nH]2)cc1N. The molecule has 0 spiro atoms. The minimum Gasteiger partial charge on any atom is -0.398 e. The molecule has 2 rings (SSSR count). The molecule has 8 heteroatoms. The summed E-state index contributed by atoms with van der Waals surface area (Å²) < 4.78 is 26.8. The molecule has 0 aliphatic heterocycles. The third-order valence-corrected chi connectivity index (χ3v) is 4.74. The zero-order valence-corrected chi connectivity index (χ0v) is 12.4. The minimum atomic E-state index is -3.69. The van der Waals surface area contributed by atoms with Gasteiger partial charge in [-0.15, -0.1) is 0 Å². The summed E-state index contributed by atoms with van der Waals surface area (Å²) in [5, 5.41) is 0.155. The van der Waals surface area contributed by atoms with Crippen molar-refractivity contribution in [2.75, 3.05) is 12.3 Å². The van der Waals surface area contributed by atoms with E-state index in [1.54, 1.807) is 19.3 Å². The maximum atomic E-state index is 12.2. The molecule has 6 nitrogen and oxygen atoms in total.